The van der Waals surface area contributed by atoms with E-state index in [1.54, 1.807) is 28.1 Å². The van der Waals surface area contributed by atoms with Crippen LogP contribution < -0.4 is 9.95 Å². The summed E-state index contributed by atoms with van der Waals surface area (Å²) < 4.78 is 24.5. The molecule has 2 N–H and O–H groups in total. The lowest BCUT2D eigenvalue weighted by atomic mass is 10.4. The third kappa shape index (κ3) is 2.49. The standard InChI is InChI=1S/C7H7BN2O3S/c8-9-7(11)10-14(12,13)6-4-2-1-3-5-6/h1-5H,(H2,9,10,11). The number of urea groups is 1. The van der Waals surface area contributed by atoms with E-state index in [1.165, 1.54) is 12.1 Å². The molecule has 0 bridgehead atoms. The van der Waals surface area contributed by atoms with Crippen molar-refractivity contribution in [3.63, 3.8) is 0 Å². The Bertz CT molecular complexity index is 418. The molecule has 72 valence electrons. The van der Waals surface area contributed by atoms with Crippen molar-refractivity contribution in [2.45, 2.75) is 4.90 Å². The Morgan fingerprint density at radius 1 is 1.21 bits per heavy atom. The van der Waals surface area contributed by atoms with Crippen LogP contribution in [0.5, 0.6) is 0 Å². The van der Waals surface area contributed by atoms with Gasteiger partial charge in [-0.2, -0.15) is 0 Å². The van der Waals surface area contributed by atoms with Crippen molar-refractivity contribution in [3.8, 4) is 0 Å². The van der Waals surface area contributed by atoms with Gasteiger partial charge in [0.15, 0.2) is 0 Å². The van der Waals surface area contributed by atoms with Crippen LogP contribution in [0.4, 0.5) is 4.79 Å². The Balaban J connectivity index is 2.93. The van der Waals surface area contributed by atoms with E-state index in [-0.39, 0.29) is 4.90 Å². The van der Waals surface area contributed by atoms with Gasteiger partial charge in [0.2, 0.25) is 7.98 Å². The summed E-state index contributed by atoms with van der Waals surface area (Å²) in [6, 6.07) is 6.53. The Kier molecular flexibility index (Phi) is 3.13. The highest BCUT2D eigenvalue weighted by molar-refractivity contribution is 7.90. The van der Waals surface area contributed by atoms with Crippen LogP contribution in [0.2, 0.25) is 0 Å². The van der Waals surface area contributed by atoms with Gasteiger partial charge in [0.05, 0.1) is 4.90 Å². The molecular weight excluding hydrogens is 203 g/mol. The molecule has 0 saturated heterocycles. The van der Waals surface area contributed by atoms with Crippen molar-refractivity contribution in [3.05, 3.63) is 30.3 Å². The summed E-state index contributed by atoms with van der Waals surface area (Å²) in [5.41, 5.74) is 0. The fraction of sp³-hybridized carbons (Fsp3) is 0. The van der Waals surface area contributed by atoms with Gasteiger partial charge in [-0.25, -0.2) is 17.9 Å². The quantitative estimate of drug-likeness (QED) is 0.661. The van der Waals surface area contributed by atoms with E-state index in [0.29, 0.717) is 0 Å². The molecule has 14 heavy (non-hydrogen) atoms. The van der Waals surface area contributed by atoms with Crippen LogP contribution in [-0.4, -0.2) is 22.4 Å². The molecule has 0 fully saturated rings. The van der Waals surface area contributed by atoms with Gasteiger partial charge < -0.3 is 5.23 Å². The Morgan fingerprint density at radius 3 is 2.29 bits per heavy atom. The zero-order chi connectivity index (χ0) is 10.6. The maximum Gasteiger partial charge on any atom is 0.315 e. The van der Waals surface area contributed by atoms with Crippen molar-refractivity contribution >= 4 is 24.0 Å². The fourth-order valence-corrected chi connectivity index (χ4v) is 1.75. The average Bonchev–Trinajstić information content (AvgIpc) is 2.18. The van der Waals surface area contributed by atoms with Crippen LogP contribution in [-0.2, 0) is 10.0 Å². The van der Waals surface area contributed by atoms with Gasteiger partial charge in [-0.15, -0.1) is 0 Å². The molecular formula is C7H7BN2O3S. The second-order valence-electron chi connectivity index (χ2n) is 2.39. The summed E-state index contributed by atoms with van der Waals surface area (Å²) in [6.07, 6.45) is 0. The normalized spacial score (nSPS) is 10.6. The first-order valence-electron chi connectivity index (χ1n) is 3.65. The third-order valence-corrected chi connectivity index (χ3v) is 2.76. The molecule has 1 aromatic rings. The zero-order valence-corrected chi connectivity index (χ0v) is 7.91. The lowest BCUT2D eigenvalue weighted by Gasteiger charge is -2.05. The van der Waals surface area contributed by atoms with Gasteiger partial charge in [-0.3, -0.25) is 0 Å². The highest BCUT2D eigenvalue weighted by atomic mass is 32.2. The van der Waals surface area contributed by atoms with Gasteiger partial charge in [-0.05, 0) is 12.1 Å². The van der Waals surface area contributed by atoms with Crippen LogP contribution in [0, 0.1) is 0 Å². The van der Waals surface area contributed by atoms with Crippen LogP contribution in [0.3, 0.4) is 0 Å². The van der Waals surface area contributed by atoms with E-state index >= 15 is 0 Å². The van der Waals surface area contributed by atoms with Crippen LogP contribution in [0.25, 0.3) is 0 Å². The molecule has 5 nitrogen and oxygen atoms in total. The van der Waals surface area contributed by atoms with E-state index in [4.69, 9.17) is 7.98 Å². The molecule has 1 aromatic carbocycles. The highest BCUT2D eigenvalue weighted by Crippen LogP contribution is 2.06. The average molecular weight is 210 g/mol. The number of carbonyl (C=O) groups is 1. The molecule has 0 aliphatic heterocycles. The van der Waals surface area contributed by atoms with Crippen molar-refractivity contribution in [1.29, 1.82) is 0 Å². The van der Waals surface area contributed by atoms with Gasteiger partial charge >= 0.3 is 6.03 Å². The number of nitrogens with one attached hydrogen (secondary N) is 2. The number of sulfonamides is 1. The molecule has 0 aliphatic carbocycles. The minimum absolute atomic E-state index is 0.00333. The minimum atomic E-state index is -3.81. The number of carbonyl (C=O) groups excluding carboxylic acids is 1. The van der Waals surface area contributed by atoms with Gasteiger partial charge in [0, 0.05) is 0 Å². The molecule has 2 radical (unpaired) electrons. The number of hydrogen-bond donors (Lipinski definition) is 2. The lowest BCUT2D eigenvalue weighted by Crippen LogP contribution is -2.38. The second-order valence-corrected chi connectivity index (χ2v) is 4.07. The fourth-order valence-electron chi connectivity index (χ4n) is 0.810. The monoisotopic (exact) mass is 210 g/mol. The topological polar surface area (TPSA) is 75.3 Å². The first kappa shape index (κ1) is 10.6. The predicted octanol–water partition coefficient (Wildman–Crippen LogP) is -0.242. The van der Waals surface area contributed by atoms with Crippen molar-refractivity contribution in [1.82, 2.24) is 9.95 Å². The zero-order valence-electron chi connectivity index (χ0n) is 7.10. The lowest BCUT2D eigenvalue weighted by molar-refractivity contribution is 0.251. The Hall–Kier alpha value is -1.50. The SMILES string of the molecule is [B]NC(=O)NS(=O)(=O)c1ccccc1. The molecule has 0 unspecified atom stereocenters. The summed E-state index contributed by atoms with van der Waals surface area (Å²) in [7, 11) is 0.917. The van der Waals surface area contributed by atoms with E-state index in [2.05, 4.69) is 0 Å². The summed E-state index contributed by atoms with van der Waals surface area (Å²) >= 11 is 0. The van der Waals surface area contributed by atoms with E-state index in [9.17, 15) is 13.2 Å². The third-order valence-electron chi connectivity index (χ3n) is 1.41. The molecule has 0 aliphatic rings. The molecule has 0 heterocycles. The molecule has 2 amide bonds. The predicted molar refractivity (Wildman–Crippen MR) is 51.0 cm³/mol. The minimum Gasteiger partial charge on any atom is -0.391 e. The van der Waals surface area contributed by atoms with Crippen molar-refractivity contribution < 1.29 is 13.2 Å². The summed E-state index contributed by atoms with van der Waals surface area (Å²) in [6.45, 7) is 0. The molecule has 1 rings (SSSR count). The van der Waals surface area contributed by atoms with Gasteiger partial charge in [-0.1, -0.05) is 18.2 Å². The second kappa shape index (κ2) is 4.14. The summed E-state index contributed by atoms with van der Waals surface area (Å²) in [4.78, 5) is 10.7. The maximum absolute atomic E-state index is 11.4. The number of benzene rings is 1. The van der Waals surface area contributed by atoms with Crippen LogP contribution in [0.1, 0.15) is 0 Å². The first-order chi connectivity index (χ1) is 6.56. The largest absolute Gasteiger partial charge is 0.391 e. The first-order valence-corrected chi connectivity index (χ1v) is 5.13. The van der Waals surface area contributed by atoms with Crippen molar-refractivity contribution in [2.75, 3.05) is 0 Å². The van der Waals surface area contributed by atoms with E-state index in [0.717, 1.165) is 0 Å². The number of rotatable bonds is 2. The summed E-state index contributed by atoms with van der Waals surface area (Å²) in [5, 5.41) is 1.66. The molecule has 0 spiro atoms. The summed E-state index contributed by atoms with van der Waals surface area (Å²) in [5.74, 6) is 0. The van der Waals surface area contributed by atoms with Gasteiger partial charge in [0.1, 0.15) is 0 Å². The van der Waals surface area contributed by atoms with Gasteiger partial charge in [0.25, 0.3) is 10.0 Å². The van der Waals surface area contributed by atoms with Crippen molar-refractivity contribution in [2.24, 2.45) is 0 Å². The Labute approximate surface area is 83.0 Å². The van der Waals surface area contributed by atoms with E-state index < -0.39 is 16.1 Å². The smallest absolute Gasteiger partial charge is 0.315 e. The maximum atomic E-state index is 11.4. The highest BCUT2D eigenvalue weighted by Gasteiger charge is 2.15. The molecule has 0 atom stereocenters. The molecule has 7 heteroatoms. The van der Waals surface area contributed by atoms with Crippen LogP contribution in [0.15, 0.2) is 35.2 Å². The number of hydrogen-bond acceptors (Lipinski definition) is 3. The molecule has 0 aromatic heterocycles. The number of amides is 2. The molecule has 0 saturated carbocycles. The van der Waals surface area contributed by atoms with E-state index in [1.807, 2.05) is 0 Å². The Morgan fingerprint density at radius 2 is 1.79 bits per heavy atom. The van der Waals surface area contributed by atoms with Crippen LogP contribution >= 0.6 is 0 Å².